The van der Waals surface area contributed by atoms with Crippen molar-refractivity contribution in [1.29, 1.82) is 0 Å². The largest absolute Gasteiger partial charge is 0.293 e. The van der Waals surface area contributed by atoms with Gasteiger partial charge in [-0.25, -0.2) is 4.68 Å². The molecule has 0 radical (unpaired) electrons. The lowest BCUT2D eigenvalue weighted by Gasteiger charge is -2.03. The first-order chi connectivity index (χ1) is 8.75. The Bertz CT molecular complexity index is 727. The number of aromatic nitrogens is 4. The number of rotatable bonds is 2. The summed E-state index contributed by atoms with van der Waals surface area (Å²) in [5.74, 6) is 0.558. The van der Waals surface area contributed by atoms with Gasteiger partial charge in [-0.2, -0.15) is 10.2 Å². The summed E-state index contributed by atoms with van der Waals surface area (Å²) in [5.41, 5.74) is 0.421. The zero-order valence-corrected chi connectivity index (χ0v) is 9.74. The van der Waals surface area contributed by atoms with Gasteiger partial charge in [0.25, 0.3) is 0 Å². The highest BCUT2D eigenvalue weighted by atomic mass is 16.1. The first-order valence-electron chi connectivity index (χ1n) is 5.53. The summed E-state index contributed by atoms with van der Waals surface area (Å²) in [6.07, 6.45) is 3.42. The predicted molar refractivity (Wildman–Crippen MR) is 66.7 cm³/mol. The normalized spacial score (nSPS) is 10.7. The van der Waals surface area contributed by atoms with Gasteiger partial charge < -0.3 is 0 Å². The van der Waals surface area contributed by atoms with E-state index < -0.39 is 0 Å². The van der Waals surface area contributed by atoms with E-state index in [1.54, 1.807) is 23.1 Å². The van der Waals surface area contributed by atoms with E-state index in [0.717, 1.165) is 10.8 Å². The molecule has 0 amide bonds. The highest BCUT2D eigenvalue weighted by Gasteiger charge is 2.09. The van der Waals surface area contributed by atoms with Crippen LogP contribution in [0.15, 0.2) is 42.7 Å². The van der Waals surface area contributed by atoms with E-state index >= 15 is 0 Å². The first kappa shape index (κ1) is 10.6. The van der Waals surface area contributed by atoms with Gasteiger partial charge in [0.15, 0.2) is 11.6 Å². The molecule has 2 aromatic heterocycles. The molecule has 0 atom stereocenters. The lowest BCUT2D eigenvalue weighted by atomic mass is 10.2. The van der Waals surface area contributed by atoms with E-state index in [2.05, 4.69) is 15.3 Å². The Labute approximate surface area is 103 Å². The molecule has 3 aromatic rings. The van der Waals surface area contributed by atoms with Crippen LogP contribution in [0.2, 0.25) is 0 Å². The third-order valence-corrected chi connectivity index (χ3v) is 2.72. The van der Waals surface area contributed by atoms with Crippen LogP contribution in [0.1, 0.15) is 17.4 Å². The lowest BCUT2D eigenvalue weighted by molar-refractivity contribution is 0.101. The van der Waals surface area contributed by atoms with Gasteiger partial charge in [-0.1, -0.05) is 24.3 Å². The summed E-state index contributed by atoms with van der Waals surface area (Å²) in [4.78, 5) is 11.2. The summed E-state index contributed by atoms with van der Waals surface area (Å²) in [5, 5.41) is 14.2. The van der Waals surface area contributed by atoms with E-state index in [0.29, 0.717) is 11.5 Å². The van der Waals surface area contributed by atoms with Crippen molar-refractivity contribution in [3.05, 3.63) is 48.4 Å². The van der Waals surface area contributed by atoms with Gasteiger partial charge in [0, 0.05) is 23.9 Å². The maximum atomic E-state index is 11.2. The second-order valence-electron chi connectivity index (χ2n) is 3.96. The second kappa shape index (κ2) is 4.03. The number of Topliss-reactive ketones (excluding diaryl/α,β-unsaturated/α-hetero) is 1. The minimum atomic E-state index is -0.0676. The Morgan fingerprint density at radius 3 is 2.83 bits per heavy atom. The number of hydrogen-bond acceptors (Lipinski definition) is 4. The second-order valence-corrected chi connectivity index (χ2v) is 3.96. The van der Waals surface area contributed by atoms with Gasteiger partial charge in [-0.3, -0.25) is 4.79 Å². The van der Waals surface area contributed by atoms with E-state index in [1.807, 2.05) is 24.3 Å². The number of carbonyl (C=O) groups excluding carboxylic acids is 1. The molecule has 0 N–H and O–H groups in total. The summed E-state index contributed by atoms with van der Waals surface area (Å²) in [6, 6.07) is 9.46. The molecule has 0 saturated carbocycles. The van der Waals surface area contributed by atoms with Crippen molar-refractivity contribution in [1.82, 2.24) is 20.0 Å². The maximum absolute atomic E-state index is 11.2. The molecule has 0 bridgehead atoms. The Hall–Kier alpha value is -2.56. The van der Waals surface area contributed by atoms with Gasteiger partial charge >= 0.3 is 0 Å². The van der Waals surface area contributed by atoms with Gasteiger partial charge in [0.05, 0.1) is 6.20 Å². The van der Waals surface area contributed by atoms with Crippen LogP contribution in [0.4, 0.5) is 0 Å². The summed E-state index contributed by atoms with van der Waals surface area (Å²) in [7, 11) is 0. The summed E-state index contributed by atoms with van der Waals surface area (Å²) < 4.78 is 1.58. The Morgan fingerprint density at radius 2 is 2.06 bits per heavy atom. The SMILES string of the molecule is CC(=O)c1ccn(-c2nncc3ccccc23)n1. The number of fused-ring (bicyclic) bond motifs is 1. The molecule has 0 unspecified atom stereocenters. The van der Waals surface area contributed by atoms with Crippen LogP contribution < -0.4 is 0 Å². The topological polar surface area (TPSA) is 60.7 Å². The van der Waals surface area contributed by atoms with Crippen molar-refractivity contribution in [2.45, 2.75) is 6.92 Å². The lowest BCUT2D eigenvalue weighted by Crippen LogP contribution is -2.03. The molecule has 2 heterocycles. The molecule has 18 heavy (non-hydrogen) atoms. The number of nitrogens with zero attached hydrogens (tertiary/aromatic N) is 4. The highest BCUT2D eigenvalue weighted by molar-refractivity contribution is 5.92. The van der Waals surface area contributed by atoms with Crippen molar-refractivity contribution < 1.29 is 4.79 Å². The van der Waals surface area contributed by atoms with Crippen LogP contribution in [-0.2, 0) is 0 Å². The third-order valence-electron chi connectivity index (χ3n) is 2.72. The van der Waals surface area contributed by atoms with E-state index in [4.69, 9.17) is 0 Å². The van der Waals surface area contributed by atoms with Gasteiger partial charge in [0.1, 0.15) is 5.69 Å². The number of benzene rings is 1. The first-order valence-corrected chi connectivity index (χ1v) is 5.53. The Morgan fingerprint density at radius 1 is 1.22 bits per heavy atom. The van der Waals surface area contributed by atoms with Crippen molar-refractivity contribution in [2.24, 2.45) is 0 Å². The fourth-order valence-corrected chi connectivity index (χ4v) is 1.81. The molecule has 0 aliphatic carbocycles. The Balaban J connectivity index is 2.21. The monoisotopic (exact) mass is 238 g/mol. The van der Waals surface area contributed by atoms with Crippen molar-refractivity contribution in [3.63, 3.8) is 0 Å². The van der Waals surface area contributed by atoms with Crippen LogP contribution in [0.5, 0.6) is 0 Å². The van der Waals surface area contributed by atoms with E-state index in [1.165, 1.54) is 6.92 Å². The smallest absolute Gasteiger partial charge is 0.183 e. The van der Waals surface area contributed by atoms with Crippen LogP contribution in [0.3, 0.4) is 0 Å². The molecule has 88 valence electrons. The average Bonchev–Trinajstić information content (AvgIpc) is 2.87. The molecule has 5 nitrogen and oxygen atoms in total. The molecule has 0 saturated heterocycles. The molecule has 1 aromatic carbocycles. The van der Waals surface area contributed by atoms with Crippen LogP contribution in [0.25, 0.3) is 16.6 Å². The number of ketones is 1. The van der Waals surface area contributed by atoms with Crippen LogP contribution in [-0.4, -0.2) is 25.8 Å². The maximum Gasteiger partial charge on any atom is 0.183 e. The highest BCUT2D eigenvalue weighted by Crippen LogP contribution is 2.18. The predicted octanol–water partition coefficient (Wildman–Crippen LogP) is 2.02. The van der Waals surface area contributed by atoms with Crippen LogP contribution >= 0.6 is 0 Å². The van der Waals surface area contributed by atoms with E-state index in [9.17, 15) is 4.79 Å². The van der Waals surface area contributed by atoms with Crippen molar-refractivity contribution in [2.75, 3.05) is 0 Å². The van der Waals surface area contributed by atoms with Gasteiger partial charge in [-0.15, -0.1) is 5.10 Å². The molecule has 0 aliphatic heterocycles. The molecular weight excluding hydrogens is 228 g/mol. The third kappa shape index (κ3) is 1.66. The average molecular weight is 238 g/mol. The van der Waals surface area contributed by atoms with Gasteiger partial charge in [0.2, 0.25) is 0 Å². The zero-order chi connectivity index (χ0) is 12.5. The van der Waals surface area contributed by atoms with Crippen molar-refractivity contribution >= 4 is 16.6 Å². The Kier molecular flexibility index (Phi) is 2.37. The fourth-order valence-electron chi connectivity index (χ4n) is 1.81. The molecule has 0 spiro atoms. The zero-order valence-electron chi connectivity index (χ0n) is 9.74. The standard InChI is InChI=1S/C13H10N4O/c1-9(18)12-6-7-17(16-12)13-11-5-3-2-4-10(11)8-14-15-13/h2-8H,1H3. The number of hydrogen-bond donors (Lipinski definition) is 0. The quantitative estimate of drug-likeness (QED) is 0.641. The molecule has 3 rings (SSSR count). The molecule has 5 heteroatoms. The summed E-state index contributed by atoms with van der Waals surface area (Å²) >= 11 is 0. The molecule has 0 fully saturated rings. The summed E-state index contributed by atoms with van der Waals surface area (Å²) in [6.45, 7) is 1.49. The minimum Gasteiger partial charge on any atom is -0.293 e. The van der Waals surface area contributed by atoms with E-state index in [-0.39, 0.29) is 5.78 Å². The van der Waals surface area contributed by atoms with Crippen molar-refractivity contribution in [3.8, 4) is 5.82 Å². The van der Waals surface area contributed by atoms with Crippen LogP contribution in [0, 0.1) is 0 Å². The number of carbonyl (C=O) groups is 1. The molecule has 0 aliphatic rings. The molecular formula is C13H10N4O. The minimum absolute atomic E-state index is 0.0676. The fraction of sp³-hybridized carbons (Fsp3) is 0.0769. The van der Waals surface area contributed by atoms with Gasteiger partial charge in [-0.05, 0) is 6.07 Å².